The SMILES string of the molecule is CC1CCN(c2cccc(NC(=O)N3CCCC(CO)C3)c2)CC1. The number of aliphatic hydroxyl groups is 1. The van der Waals surface area contributed by atoms with E-state index in [4.69, 9.17) is 0 Å². The number of hydrogen-bond acceptors (Lipinski definition) is 3. The summed E-state index contributed by atoms with van der Waals surface area (Å²) in [5.74, 6) is 1.02. The Labute approximate surface area is 144 Å². The molecule has 2 N–H and O–H groups in total. The Morgan fingerprint density at radius 3 is 2.79 bits per heavy atom. The zero-order valence-electron chi connectivity index (χ0n) is 14.6. The summed E-state index contributed by atoms with van der Waals surface area (Å²) in [5.41, 5.74) is 2.04. The highest BCUT2D eigenvalue weighted by Gasteiger charge is 2.23. The highest BCUT2D eigenvalue weighted by Crippen LogP contribution is 2.25. The highest BCUT2D eigenvalue weighted by atomic mass is 16.3. The second kappa shape index (κ2) is 7.88. The predicted octanol–water partition coefficient (Wildman–Crippen LogP) is 3.16. The number of urea groups is 1. The Morgan fingerprint density at radius 1 is 1.25 bits per heavy atom. The zero-order valence-corrected chi connectivity index (χ0v) is 14.6. The van der Waals surface area contributed by atoms with Crippen LogP contribution in [0.4, 0.5) is 16.2 Å². The molecule has 2 fully saturated rings. The van der Waals surface area contributed by atoms with Crippen molar-refractivity contribution in [3.8, 4) is 0 Å². The Kier molecular flexibility index (Phi) is 5.61. The lowest BCUT2D eigenvalue weighted by molar-refractivity contribution is 0.136. The predicted molar refractivity (Wildman–Crippen MR) is 97.5 cm³/mol. The number of piperidine rings is 2. The van der Waals surface area contributed by atoms with Crippen LogP contribution in [-0.2, 0) is 0 Å². The van der Waals surface area contributed by atoms with Gasteiger partial charge in [0.15, 0.2) is 0 Å². The van der Waals surface area contributed by atoms with Gasteiger partial charge in [0.2, 0.25) is 0 Å². The maximum atomic E-state index is 12.5. The third-order valence-corrected chi connectivity index (χ3v) is 5.31. The minimum atomic E-state index is -0.0578. The lowest BCUT2D eigenvalue weighted by Gasteiger charge is -2.33. The van der Waals surface area contributed by atoms with Crippen molar-refractivity contribution < 1.29 is 9.90 Å². The molecular formula is C19H29N3O2. The molecule has 2 saturated heterocycles. The van der Waals surface area contributed by atoms with Crippen molar-refractivity contribution in [2.75, 3.05) is 43.0 Å². The minimum Gasteiger partial charge on any atom is -0.396 e. The molecule has 0 aliphatic carbocycles. The number of carbonyl (C=O) groups is 1. The van der Waals surface area contributed by atoms with E-state index < -0.39 is 0 Å². The molecule has 2 heterocycles. The third kappa shape index (κ3) is 4.20. The fraction of sp³-hybridized carbons (Fsp3) is 0.632. The van der Waals surface area contributed by atoms with E-state index in [0.717, 1.165) is 44.1 Å². The Balaban J connectivity index is 1.61. The minimum absolute atomic E-state index is 0.0578. The van der Waals surface area contributed by atoms with Gasteiger partial charge in [-0.2, -0.15) is 0 Å². The Hall–Kier alpha value is -1.75. The van der Waals surface area contributed by atoms with Gasteiger partial charge in [0.05, 0.1) is 0 Å². The second-order valence-electron chi connectivity index (χ2n) is 7.29. The van der Waals surface area contributed by atoms with Crippen molar-refractivity contribution in [3.63, 3.8) is 0 Å². The number of carbonyl (C=O) groups excluding carboxylic acids is 1. The van der Waals surface area contributed by atoms with E-state index >= 15 is 0 Å². The first-order valence-corrected chi connectivity index (χ1v) is 9.17. The van der Waals surface area contributed by atoms with Crippen molar-refractivity contribution in [3.05, 3.63) is 24.3 Å². The number of rotatable bonds is 3. The van der Waals surface area contributed by atoms with Gasteiger partial charge in [-0.15, -0.1) is 0 Å². The van der Waals surface area contributed by atoms with Crippen LogP contribution < -0.4 is 10.2 Å². The molecule has 1 aromatic carbocycles. The lowest BCUT2D eigenvalue weighted by Crippen LogP contribution is -2.43. The van der Waals surface area contributed by atoms with Gasteiger partial charge in [-0.05, 0) is 55.7 Å². The van der Waals surface area contributed by atoms with Crippen LogP contribution in [0, 0.1) is 11.8 Å². The van der Waals surface area contributed by atoms with E-state index in [1.54, 1.807) is 0 Å². The van der Waals surface area contributed by atoms with Crippen molar-refractivity contribution >= 4 is 17.4 Å². The summed E-state index contributed by atoms with van der Waals surface area (Å²) in [5, 5.41) is 12.3. The normalized spacial score (nSPS) is 22.5. The van der Waals surface area contributed by atoms with Crippen LogP contribution in [0.25, 0.3) is 0 Å². The van der Waals surface area contributed by atoms with E-state index in [2.05, 4.69) is 29.3 Å². The molecule has 132 valence electrons. The highest BCUT2D eigenvalue weighted by molar-refractivity contribution is 5.90. The smallest absolute Gasteiger partial charge is 0.321 e. The summed E-state index contributed by atoms with van der Waals surface area (Å²) >= 11 is 0. The van der Waals surface area contributed by atoms with Crippen LogP contribution in [0.1, 0.15) is 32.6 Å². The van der Waals surface area contributed by atoms with E-state index in [9.17, 15) is 9.90 Å². The van der Waals surface area contributed by atoms with E-state index in [0.29, 0.717) is 6.54 Å². The van der Waals surface area contributed by atoms with Crippen molar-refractivity contribution in [1.82, 2.24) is 4.90 Å². The van der Waals surface area contributed by atoms with Crippen LogP contribution in [0.2, 0.25) is 0 Å². The molecule has 24 heavy (non-hydrogen) atoms. The Morgan fingerprint density at radius 2 is 2.04 bits per heavy atom. The van der Waals surface area contributed by atoms with Crippen molar-refractivity contribution in [1.29, 1.82) is 0 Å². The topological polar surface area (TPSA) is 55.8 Å². The zero-order chi connectivity index (χ0) is 16.9. The van der Waals surface area contributed by atoms with Crippen LogP contribution in [0.15, 0.2) is 24.3 Å². The number of anilines is 2. The van der Waals surface area contributed by atoms with Crippen molar-refractivity contribution in [2.45, 2.75) is 32.6 Å². The first kappa shape index (κ1) is 17.1. The quantitative estimate of drug-likeness (QED) is 0.894. The number of hydrogen-bond donors (Lipinski definition) is 2. The molecule has 2 amide bonds. The maximum Gasteiger partial charge on any atom is 0.321 e. The van der Waals surface area contributed by atoms with Gasteiger partial charge in [-0.1, -0.05) is 13.0 Å². The number of aliphatic hydroxyl groups excluding tert-OH is 1. The van der Waals surface area contributed by atoms with E-state index in [-0.39, 0.29) is 18.6 Å². The lowest BCUT2D eigenvalue weighted by atomic mass is 9.99. The molecule has 0 spiro atoms. The van der Waals surface area contributed by atoms with Gasteiger partial charge in [0, 0.05) is 44.2 Å². The molecule has 0 bridgehead atoms. The number of likely N-dealkylation sites (tertiary alicyclic amines) is 1. The monoisotopic (exact) mass is 331 g/mol. The van der Waals surface area contributed by atoms with Gasteiger partial charge in [0.25, 0.3) is 0 Å². The molecule has 2 aliphatic heterocycles. The fourth-order valence-corrected chi connectivity index (χ4v) is 3.65. The summed E-state index contributed by atoms with van der Waals surface area (Å²) < 4.78 is 0. The van der Waals surface area contributed by atoms with Gasteiger partial charge >= 0.3 is 6.03 Å². The molecule has 1 atom stereocenters. The summed E-state index contributed by atoms with van der Waals surface area (Å²) in [7, 11) is 0. The average molecular weight is 331 g/mol. The van der Waals surface area contributed by atoms with E-state index in [1.165, 1.54) is 18.5 Å². The summed E-state index contributed by atoms with van der Waals surface area (Å²) in [6, 6.07) is 8.09. The first-order valence-electron chi connectivity index (χ1n) is 9.17. The molecule has 1 unspecified atom stereocenters. The summed E-state index contributed by atoms with van der Waals surface area (Å²) in [6.45, 7) is 6.06. The largest absolute Gasteiger partial charge is 0.396 e. The molecule has 2 aliphatic rings. The number of nitrogens with zero attached hydrogens (tertiary/aromatic N) is 2. The molecule has 0 saturated carbocycles. The van der Waals surface area contributed by atoms with E-state index in [1.807, 2.05) is 17.0 Å². The standard InChI is InChI=1S/C19H29N3O2/c1-15-7-10-21(11-8-15)18-6-2-5-17(12-18)20-19(24)22-9-3-4-16(13-22)14-23/h2,5-6,12,15-16,23H,3-4,7-11,13-14H2,1H3,(H,20,24). The van der Waals surface area contributed by atoms with Crippen LogP contribution in [-0.4, -0.2) is 48.8 Å². The van der Waals surface area contributed by atoms with Crippen molar-refractivity contribution in [2.24, 2.45) is 11.8 Å². The first-order chi connectivity index (χ1) is 11.7. The maximum absolute atomic E-state index is 12.5. The van der Waals surface area contributed by atoms with Crippen LogP contribution >= 0.6 is 0 Å². The van der Waals surface area contributed by atoms with Gasteiger partial charge < -0.3 is 20.2 Å². The second-order valence-corrected chi connectivity index (χ2v) is 7.29. The average Bonchev–Trinajstić information content (AvgIpc) is 2.62. The number of amides is 2. The molecular weight excluding hydrogens is 302 g/mol. The van der Waals surface area contributed by atoms with Gasteiger partial charge in [-0.3, -0.25) is 0 Å². The molecule has 0 aromatic heterocycles. The molecule has 3 rings (SSSR count). The summed E-state index contributed by atoms with van der Waals surface area (Å²) in [4.78, 5) is 16.7. The Bertz CT molecular complexity index is 555. The van der Waals surface area contributed by atoms with Gasteiger partial charge in [-0.25, -0.2) is 4.79 Å². The number of benzene rings is 1. The summed E-state index contributed by atoms with van der Waals surface area (Å²) in [6.07, 6.45) is 4.42. The van der Waals surface area contributed by atoms with Gasteiger partial charge in [0.1, 0.15) is 0 Å². The molecule has 5 heteroatoms. The molecule has 1 aromatic rings. The third-order valence-electron chi connectivity index (χ3n) is 5.31. The van der Waals surface area contributed by atoms with Crippen LogP contribution in [0.5, 0.6) is 0 Å². The number of nitrogens with one attached hydrogen (secondary N) is 1. The fourth-order valence-electron chi connectivity index (χ4n) is 3.65. The van der Waals surface area contributed by atoms with Crippen LogP contribution in [0.3, 0.4) is 0 Å². The molecule has 0 radical (unpaired) electrons. The molecule has 5 nitrogen and oxygen atoms in total.